The third-order valence-electron chi connectivity index (χ3n) is 5.24. The first-order valence-electron chi connectivity index (χ1n) is 9.80. The standard InChI is InChI=1S/C21H23BrN2O5S/c1-3-28-18-6-4-5-15-10-17(12-29-21(15)18)23-30(26,27)19-11-16(22)9-14-7-8-24(13(2)25)20(14)19/h4-6,9,11,17,23H,3,7-8,10,12H2,1-2H3. The van der Waals surface area contributed by atoms with Crippen molar-refractivity contribution in [2.75, 3.05) is 24.7 Å². The van der Waals surface area contributed by atoms with Crippen molar-refractivity contribution in [3.63, 3.8) is 0 Å². The summed E-state index contributed by atoms with van der Waals surface area (Å²) in [6.07, 6.45) is 1.11. The first-order chi connectivity index (χ1) is 14.3. The van der Waals surface area contributed by atoms with Crippen molar-refractivity contribution in [2.24, 2.45) is 0 Å². The molecule has 0 aromatic heterocycles. The fourth-order valence-corrected chi connectivity index (χ4v) is 6.16. The Labute approximate surface area is 184 Å². The fourth-order valence-electron chi connectivity index (χ4n) is 4.01. The van der Waals surface area contributed by atoms with Crippen molar-refractivity contribution in [1.29, 1.82) is 0 Å². The van der Waals surface area contributed by atoms with E-state index >= 15 is 0 Å². The summed E-state index contributed by atoms with van der Waals surface area (Å²) < 4.78 is 41.5. The Morgan fingerprint density at radius 1 is 1.33 bits per heavy atom. The number of hydrogen-bond donors (Lipinski definition) is 1. The van der Waals surface area contributed by atoms with Crippen LogP contribution in [-0.4, -0.2) is 40.1 Å². The highest BCUT2D eigenvalue weighted by atomic mass is 79.9. The molecule has 0 saturated carbocycles. The molecule has 160 valence electrons. The number of para-hydroxylation sites is 1. The Balaban J connectivity index is 1.63. The molecule has 2 aromatic rings. The lowest BCUT2D eigenvalue weighted by Gasteiger charge is -2.28. The number of halogens is 1. The lowest BCUT2D eigenvalue weighted by atomic mass is 10.0. The number of hydrogen-bond acceptors (Lipinski definition) is 5. The molecule has 1 amide bonds. The number of carbonyl (C=O) groups is 1. The number of benzene rings is 2. The van der Waals surface area contributed by atoms with Crippen LogP contribution in [0.25, 0.3) is 0 Å². The second-order valence-electron chi connectivity index (χ2n) is 7.34. The van der Waals surface area contributed by atoms with Crippen LogP contribution in [0.3, 0.4) is 0 Å². The van der Waals surface area contributed by atoms with E-state index in [0.717, 1.165) is 11.1 Å². The van der Waals surface area contributed by atoms with Crippen LogP contribution in [0, 0.1) is 0 Å². The summed E-state index contributed by atoms with van der Waals surface area (Å²) in [4.78, 5) is 13.7. The SMILES string of the molecule is CCOc1cccc2c1OCC(NS(=O)(=O)c1cc(Br)cc3c1N(C(C)=O)CC3)C2. The molecule has 0 fully saturated rings. The number of fused-ring (bicyclic) bond motifs is 2. The van der Waals surface area contributed by atoms with Crippen LogP contribution in [0.5, 0.6) is 11.5 Å². The van der Waals surface area contributed by atoms with Gasteiger partial charge in [0.25, 0.3) is 0 Å². The first kappa shape index (κ1) is 21.1. The number of anilines is 1. The van der Waals surface area contributed by atoms with E-state index in [1.165, 1.54) is 11.8 Å². The predicted molar refractivity (Wildman–Crippen MR) is 117 cm³/mol. The molecule has 1 atom stereocenters. The summed E-state index contributed by atoms with van der Waals surface area (Å²) in [7, 11) is -3.88. The minimum absolute atomic E-state index is 0.105. The number of sulfonamides is 1. The van der Waals surface area contributed by atoms with Gasteiger partial charge in [0.1, 0.15) is 11.5 Å². The van der Waals surface area contributed by atoms with Gasteiger partial charge in [0.2, 0.25) is 15.9 Å². The second kappa shape index (κ2) is 8.20. The molecule has 1 N–H and O–H groups in total. The molecule has 9 heteroatoms. The minimum Gasteiger partial charge on any atom is -0.490 e. The van der Waals surface area contributed by atoms with Crippen molar-refractivity contribution in [3.05, 3.63) is 45.9 Å². The van der Waals surface area contributed by atoms with Crippen molar-refractivity contribution in [2.45, 2.75) is 37.6 Å². The topological polar surface area (TPSA) is 84.9 Å². The average Bonchev–Trinajstić information content (AvgIpc) is 3.11. The normalized spacial score (nSPS) is 17.8. The van der Waals surface area contributed by atoms with Gasteiger partial charge in [-0.15, -0.1) is 0 Å². The maximum absolute atomic E-state index is 13.3. The van der Waals surface area contributed by atoms with Crippen LogP contribution in [0.15, 0.2) is 39.7 Å². The highest BCUT2D eigenvalue weighted by Gasteiger charge is 2.34. The number of rotatable bonds is 5. The lowest BCUT2D eigenvalue weighted by molar-refractivity contribution is -0.116. The van der Waals surface area contributed by atoms with Gasteiger partial charge in [-0.1, -0.05) is 28.1 Å². The van der Waals surface area contributed by atoms with Crippen molar-refractivity contribution in [3.8, 4) is 11.5 Å². The van der Waals surface area contributed by atoms with E-state index in [2.05, 4.69) is 20.7 Å². The van der Waals surface area contributed by atoms with E-state index in [4.69, 9.17) is 9.47 Å². The zero-order valence-electron chi connectivity index (χ0n) is 16.8. The minimum atomic E-state index is -3.88. The van der Waals surface area contributed by atoms with Gasteiger partial charge in [-0.2, -0.15) is 0 Å². The van der Waals surface area contributed by atoms with Crippen LogP contribution in [0.2, 0.25) is 0 Å². The molecule has 0 saturated heterocycles. The van der Waals surface area contributed by atoms with E-state index < -0.39 is 16.1 Å². The summed E-state index contributed by atoms with van der Waals surface area (Å²) in [6.45, 7) is 4.55. The molecule has 2 heterocycles. The van der Waals surface area contributed by atoms with Crippen LogP contribution in [-0.2, 0) is 27.7 Å². The molecule has 30 heavy (non-hydrogen) atoms. The first-order valence-corrected chi connectivity index (χ1v) is 12.1. The van der Waals surface area contributed by atoms with Gasteiger partial charge in [-0.3, -0.25) is 4.79 Å². The molecule has 2 aliphatic rings. The van der Waals surface area contributed by atoms with Crippen molar-refractivity contribution in [1.82, 2.24) is 4.72 Å². The molecular weight excluding hydrogens is 472 g/mol. The Kier molecular flexibility index (Phi) is 5.78. The van der Waals surface area contributed by atoms with Crippen molar-refractivity contribution >= 4 is 37.5 Å². The van der Waals surface area contributed by atoms with Crippen molar-refractivity contribution < 1.29 is 22.7 Å². The maximum atomic E-state index is 13.3. The highest BCUT2D eigenvalue weighted by Crippen LogP contribution is 2.38. The molecule has 4 rings (SSSR count). The fraction of sp³-hybridized carbons (Fsp3) is 0.381. The molecular formula is C21H23BrN2O5S. The molecule has 0 bridgehead atoms. The quantitative estimate of drug-likeness (QED) is 0.690. The van der Waals surface area contributed by atoms with Crippen LogP contribution in [0.4, 0.5) is 5.69 Å². The zero-order valence-corrected chi connectivity index (χ0v) is 19.2. The van der Waals surface area contributed by atoms with E-state index in [9.17, 15) is 13.2 Å². The number of carbonyl (C=O) groups excluding carboxylic acids is 1. The Morgan fingerprint density at radius 2 is 2.13 bits per heavy atom. The summed E-state index contributed by atoms with van der Waals surface area (Å²) in [5.41, 5.74) is 2.20. The number of nitrogens with one attached hydrogen (secondary N) is 1. The van der Waals surface area contributed by atoms with E-state index in [-0.39, 0.29) is 17.4 Å². The number of ether oxygens (including phenoxy) is 2. The largest absolute Gasteiger partial charge is 0.490 e. The van der Waals surface area contributed by atoms with Gasteiger partial charge in [0.15, 0.2) is 11.5 Å². The van der Waals surface area contributed by atoms with Gasteiger partial charge in [0.05, 0.1) is 18.3 Å². The summed E-state index contributed by atoms with van der Waals surface area (Å²) in [5.74, 6) is 1.16. The summed E-state index contributed by atoms with van der Waals surface area (Å²) in [5, 5.41) is 0. The number of nitrogens with zero attached hydrogens (tertiary/aromatic N) is 1. The van der Waals surface area contributed by atoms with E-state index in [1.54, 1.807) is 6.07 Å². The molecule has 1 unspecified atom stereocenters. The average molecular weight is 495 g/mol. The monoisotopic (exact) mass is 494 g/mol. The smallest absolute Gasteiger partial charge is 0.243 e. The summed E-state index contributed by atoms with van der Waals surface area (Å²) in [6, 6.07) is 8.61. The Morgan fingerprint density at radius 3 is 2.87 bits per heavy atom. The molecule has 7 nitrogen and oxygen atoms in total. The molecule has 0 spiro atoms. The third-order valence-corrected chi connectivity index (χ3v) is 7.23. The molecule has 0 radical (unpaired) electrons. The Bertz CT molecular complexity index is 1100. The van der Waals surface area contributed by atoms with Gasteiger partial charge in [-0.25, -0.2) is 13.1 Å². The highest BCUT2D eigenvalue weighted by molar-refractivity contribution is 9.10. The molecule has 2 aliphatic heterocycles. The van der Waals surface area contributed by atoms with Gasteiger partial charge in [-0.05, 0) is 49.1 Å². The summed E-state index contributed by atoms with van der Waals surface area (Å²) >= 11 is 3.40. The zero-order chi connectivity index (χ0) is 21.5. The number of amides is 1. The van der Waals surface area contributed by atoms with E-state index in [0.29, 0.717) is 47.7 Å². The van der Waals surface area contributed by atoms with Gasteiger partial charge >= 0.3 is 0 Å². The van der Waals surface area contributed by atoms with Crippen LogP contribution < -0.4 is 19.1 Å². The predicted octanol–water partition coefficient (Wildman–Crippen LogP) is 3.04. The van der Waals surface area contributed by atoms with E-state index in [1.807, 2.05) is 31.2 Å². The van der Waals surface area contributed by atoms with Gasteiger partial charge < -0.3 is 14.4 Å². The molecule has 0 aliphatic carbocycles. The maximum Gasteiger partial charge on any atom is 0.243 e. The van der Waals surface area contributed by atoms with Crippen LogP contribution in [0.1, 0.15) is 25.0 Å². The Hall–Kier alpha value is -2.10. The third kappa shape index (κ3) is 3.93. The second-order valence-corrected chi connectivity index (χ2v) is 9.94. The lowest BCUT2D eigenvalue weighted by Crippen LogP contribution is -2.43. The van der Waals surface area contributed by atoms with Crippen LogP contribution >= 0.6 is 15.9 Å². The van der Waals surface area contributed by atoms with Gasteiger partial charge in [0, 0.05) is 17.9 Å². The molecule has 2 aromatic carbocycles.